The maximum Gasteiger partial charge on any atom is 0.272 e. The first-order chi connectivity index (χ1) is 10.2. The summed E-state index contributed by atoms with van der Waals surface area (Å²) in [7, 11) is 1.78. The molecule has 21 heavy (non-hydrogen) atoms. The number of halogens is 1. The van der Waals surface area contributed by atoms with E-state index < -0.39 is 0 Å². The predicted molar refractivity (Wildman–Crippen MR) is 81.3 cm³/mol. The first-order valence-electron chi connectivity index (χ1n) is 6.92. The first-order valence-corrected chi connectivity index (χ1v) is 7.30. The van der Waals surface area contributed by atoms with E-state index in [2.05, 4.69) is 10.4 Å². The average molecular weight is 305 g/mol. The van der Waals surface area contributed by atoms with E-state index in [0.717, 1.165) is 12.1 Å². The van der Waals surface area contributed by atoms with Crippen molar-refractivity contribution in [3.8, 4) is 0 Å². The van der Waals surface area contributed by atoms with E-state index in [0.29, 0.717) is 23.8 Å². The first kappa shape index (κ1) is 14.1. The molecule has 0 radical (unpaired) electrons. The summed E-state index contributed by atoms with van der Waals surface area (Å²) in [5, 5.41) is 8.09. The van der Waals surface area contributed by atoms with Crippen molar-refractivity contribution in [2.24, 2.45) is 7.05 Å². The molecule has 1 N–H and O–H groups in total. The van der Waals surface area contributed by atoms with Crippen molar-refractivity contribution in [1.82, 2.24) is 20.0 Å². The summed E-state index contributed by atoms with van der Waals surface area (Å²) in [6, 6.07) is 9.36. The van der Waals surface area contributed by atoms with Gasteiger partial charge in [-0.3, -0.25) is 9.48 Å². The van der Waals surface area contributed by atoms with Gasteiger partial charge in [-0.05, 0) is 17.7 Å². The lowest BCUT2D eigenvalue weighted by molar-refractivity contribution is 0.0623. The Bertz CT molecular complexity index is 655. The lowest BCUT2D eigenvalue weighted by Crippen LogP contribution is -2.49. The summed E-state index contributed by atoms with van der Waals surface area (Å²) in [6.45, 7) is 2.14. The van der Waals surface area contributed by atoms with Gasteiger partial charge in [0.25, 0.3) is 5.91 Å². The zero-order chi connectivity index (χ0) is 14.8. The van der Waals surface area contributed by atoms with E-state index >= 15 is 0 Å². The Morgan fingerprint density at radius 2 is 2.19 bits per heavy atom. The van der Waals surface area contributed by atoms with Gasteiger partial charge in [-0.15, -0.1) is 0 Å². The quantitative estimate of drug-likeness (QED) is 0.921. The van der Waals surface area contributed by atoms with Gasteiger partial charge in [-0.25, -0.2) is 0 Å². The minimum absolute atomic E-state index is 0.0126. The molecule has 5 nitrogen and oxygen atoms in total. The number of aromatic nitrogens is 2. The van der Waals surface area contributed by atoms with Gasteiger partial charge in [-0.2, -0.15) is 5.10 Å². The number of carbonyl (C=O) groups excluding carboxylic acids is 1. The van der Waals surface area contributed by atoms with Crippen LogP contribution in [0.25, 0.3) is 0 Å². The van der Waals surface area contributed by atoms with Crippen LogP contribution in [0.15, 0.2) is 36.5 Å². The monoisotopic (exact) mass is 304 g/mol. The van der Waals surface area contributed by atoms with Crippen LogP contribution in [0, 0.1) is 0 Å². The van der Waals surface area contributed by atoms with Gasteiger partial charge in [0, 0.05) is 37.9 Å². The number of hydrogen-bond donors (Lipinski definition) is 1. The van der Waals surface area contributed by atoms with Crippen LogP contribution in [-0.2, 0) is 7.05 Å². The molecule has 0 spiro atoms. The van der Waals surface area contributed by atoms with Gasteiger partial charge in [-0.1, -0.05) is 29.8 Å². The standard InChI is InChI=1S/C15H17ClN4O/c1-19-13(6-7-18-19)15(21)20-9-8-17-10-14(20)11-4-2-3-5-12(11)16/h2-7,14,17H,8-10H2,1H3. The zero-order valence-corrected chi connectivity index (χ0v) is 12.5. The zero-order valence-electron chi connectivity index (χ0n) is 11.8. The molecule has 0 saturated carbocycles. The SMILES string of the molecule is Cn1nccc1C(=O)N1CCNCC1c1ccccc1Cl. The molecule has 3 rings (SSSR count). The van der Waals surface area contributed by atoms with Crippen molar-refractivity contribution in [3.05, 3.63) is 52.8 Å². The molecule has 0 aliphatic carbocycles. The fourth-order valence-corrected chi connectivity index (χ4v) is 2.96. The molecule has 1 atom stereocenters. The molecule has 1 aromatic heterocycles. The molecule has 1 fully saturated rings. The van der Waals surface area contributed by atoms with E-state index in [1.54, 1.807) is 24.0 Å². The van der Waals surface area contributed by atoms with Gasteiger partial charge in [0.15, 0.2) is 0 Å². The minimum atomic E-state index is -0.0603. The fraction of sp³-hybridized carbons (Fsp3) is 0.333. The molecule has 1 aromatic carbocycles. The Morgan fingerprint density at radius 3 is 2.90 bits per heavy atom. The number of benzene rings is 1. The topological polar surface area (TPSA) is 50.2 Å². The minimum Gasteiger partial charge on any atom is -0.328 e. The van der Waals surface area contributed by atoms with E-state index in [1.807, 2.05) is 29.2 Å². The third-order valence-electron chi connectivity index (χ3n) is 3.81. The van der Waals surface area contributed by atoms with Crippen LogP contribution < -0.4 is 5.32 Å². The summed E-state index contributed by atoms with van der Waals surface area (Å²) >= 11 is 6.30. The molecular weight excluding hydrogens is 288 g/mol. The van der Waals surface area contributed by atoms with Crippen LogP contribution in [0.3, 0.4) is 0 Å². The highest BCUT2D eigenvalue weighted by molar-refractivity contribution is 6.31. The number of carbonyl (C=O) groups is 1. The molecule has 110 valence electrons. The maximum atomic E-state index is 12.8. The van der Waals surface area contributed by atoms with Gasteiger partial charge in [0.1, 0.15) is 5.69 Å². The van der Waals surface area contributed by atoms with Crippen molar-refractivity contribution >= 4 is 17.5 Å². The molecule has 2 aromatic rings. The van der Waals surface area contributed by atoms with Crippen molar-refractivity contribution in [3.63, 3.8) is 0 Å². The van der Waals surface area contributed by atoms with Gasteiger partial charge in [0.05, 0.1) is 6.04 Å². The second kappa shape index (κ2) is 5.87. The predicted octanol–water partition coefficient (Wildman–Crippen LogP) is 1.86. The molecule has 1 unspecified atom stereocenters. The number of piperazine rings is 1. The van der Waals surface area contributed by atoms with E-state index in [-0.39, 0.29) is 11.9 Å². The molecule has 0 bridgehead atoms. The van der Waals surface area contributed by atoms with E-state index in [9.17, 15) is 4.79 Å². The van der Waals surface area contributed by atoms with Crippen LogP contribution in [0.4, 0.5) is 0 Å². The lowest BCUT2D eigenvalue weighted by atomic mass is 10.0. The van der Waals surface area contributed by atoms with Crippen molar-refractivity contribution in [1.29, 1.82) is 0 Å². The lowest BCUT2D eigenvalue weighted by Gasteiger charge is -2.36. The number of nitrogens with one attached hydrogen (secondary N) is 1. The summed E-state index contributed by atoms with van der Waals surface area (Å²) in [5.74, 6) is -0.0126. The smallest absolute Gasteiger partial charge is 0.272 e. The summed E-state index contributed by atoms with van der Waals surface area (Å²) < 4.78 is 1.61. The number of amides is 1. The Balaban J connectivity index is 1.94. The number of hydrogen-bond acceptors (Lipinski definition) is 3. The maximum absolute atomic E-state index is 12.8. The second-order valence-electron chi connectivity index (χ2n) is 5.08. The summed E-state index contributed by atoms with van der Waals surface area (Å²) in [6.07, 6.45) is 1.64. The molecule has 1 amide bonds. The van der Waals surface area contributed by atoms with Crippen LogP contribution >= 0.6 is 11.6 Å². The van der Waals surface area contributed by atoms with Crippen LogP contribution in [0.2, 0.25) is 5.02 Å². The van der Waals surface area contributed by atoms with Crippen LogP contribution in [0.5, 0.6) is 0 Å². The van der Waals surface area contributed by atoms with Gasteiger partial charge >= 0.3 is 0 Å². The van der Waals surface area contributed by atoms with Crippen LogP contribution in [-0.4, -0.2) is 40.2 Å². The number of aryl methyl sites for hydroxylation is 1. The summed E-state index contributed by atoms with van der Waals surface area (Å²) in [5.41, 5.74) is 1.57. The Labute approximate surface area is 128 Å². The average Bonchev–Trinajstić information content (AvgIpc) is 2.93. The van der Waals surface area contributed by atoms with E-state index in [4.69, 9.17) is 11.6 Å². The highest BCUT2D eigenvalue weighted by Gasteiger charge is 2.30. The van der Waals surface area contributed by atoms with Gasteiger partial charge < -0.3 is 10.2 Å². The largest absolute Gasteiger partial charge is 0.328 e. The molecular formula is C15H17ClN4O. The highest BCUT2D eigenvalue weighted by atomic mass is 35.5. The molecule has 1 aliphatic heterocycles. The summed E-state index contributed by atoms with van der Waals surface area (Å²) in [4.78, 5) is 14.6. The van der Waals surface area contributed by atoms with Crippen molar-refractivity contribution in [2.45, 2.75) is 6.04 Å². The normalized spacial score (nSPS) is 18.8. The second-order valence-corrected chi connectivity index (χ2v) is 5.49. The molecule has 2 heterocycles. The number of nitrogens with zero attached hydrogens (tertiary/aromatic N) is 3. The highest BCUT2D eigenvalue weighted by Crippen LogP contribution is 2.29. The molecule has 6 heteroatoms. The number of rotatable bonds is 2. The molecule has 1 aliphatic rings. The van der Waals surface area contributed by atoms with E-state index in [1.165, 1.54) is 0 Å². The van der Waals surface area contributed by atoms with Crippen molar-refractivity contribution in [2.75, 3.05) is 19.6 Å². The van der Waals surface area contributed by atoms with Gasteiger partial charge in [0.2, 0.25) is 0 Å². The fourth-order valence-electron chi connectivity index (χ4n) is 2.70. The van der Waals surface area contributed by atoms with Crippen molar-refractivity contribution < 1.29 is 4.79 Å². The Hall–Kier alpha value is -1.85. The third kappa shape index (κ3) is 2.66. The Morgan fingerprint density at radius 1 is 1.38 bits per heavy atom. The van der Waals surface area contributed by atoms with Crippen LogP contribution in [0.1, 0.15) is 22.1 Å². The Kier molecular flexibility index (Phi) is 3.94. The third-order valence-corrected chi connectivity index (χ3v) is 4.15. The molecule has 1 saturated heterocycles.